The Labute approximate surface area is 197 Å². The van der Waals surface area contributed by atoms with Gasteiger partial charge in [-0.3, -0.25) is 4.79 Å². The highest BCUT2D eigenvalue weighted by Crippen LogP contribution is 2.31. The normalized spacial score (nSPS) is 11.4. The van der Waals surface area contributed by atoms with Crippen LogP contribution in [0.1, 0.15) is 0 Å². The highest BCUT2D eigenvalue weighted by molar-refractivity contribution is 5.98. The van der Waals surface area contributed by atoms with Gasteiger partial charge < -0.3 is 20.7 Å². The summed E-state index contributed by atoms with van der Waals surface area (Å²) in [5.41, 5.74) is 8.34. The van der Waals surface area contributed by atoms with Gasteiger partial charge in [-0.2, -0.15) is 5.10 Å². The maximum absolute atomic E-state index is 12.0. The molecule has 3 N–H and O–H groups in total. The van der Waals surface area contributed by atoms with Crippen LogP contribution in [-0.2, 0) is 11.3 Å². The lowest BCUT2D eigenvalue weighted by Crippen LogP contribution is -2.26. The maximum Gasteiger partial charge on any atom is 0.243 e. The number of nitrogens with zero attached hydrogens (tertiary/aromatic N) is 5. The average molecular weight is 458 g/mol. The first kappa shape index (κ1) is 22.9. The fraction of sp³-hybridized carbons (Fsp3) is 0.200. The minimum absolute atomic E-state index is 0.151. The van der Waals surface area contributed by atoms with Crippen LogP contribution in [0.15, 0.2) is 73.1 Å². The number of hydrogen-bond donors (Lipinski definition) is 2. The molecule has 0 atom stereocenters. The molecule has 34 heavy (non-hydrogen) atoms. The molecule has 0 aliphatic rings. The van der Waals surface area contributed by atoms with Crippen molar-refractivity contribution in [1.29, 1.82) is 0 Å². The van der Waals surface area contributed by atoms with Gasteiger partial charge in [0.15, 0.2) is 5.65 Å². The number of likely N-dealkylation sites (N-methyl/N-ethyl adjacent to an activating group) is 1. The molecule has 0 fully saturated rings. The van der Waals surface area contributed by atoms with E-state index in [2.05, 4.69) is 15.3 Å². The van der Waals surface area contributed by atoms with Gasteiger partial charge in [-0.15, -0.1) is 0 Å². The number of nitrogens with one attached hydrogen (secondary N) is 1. The highest BCUT2D eigenvalue weighted by Gasteiger charge is 2.17. The first-order valence-corrected chi connectivity index (χ1v) is 10.9. The average Bonchev–Trinajstić information content (AvgIpc) is 3.20. The molecule has 9 heteroatoms. The van der Waals surface area contributed by atoms with Crippen LogP contribution in [0.4, 0.5) is 5.82 Å². The van der Waals surface area contributed by atoms with Crippen LogP contribution in [-0.4, -0.2) is 57.7 Å². The Morgan fingerprint density at radius 2 is 1.82 bits per heavy atom. The van der Waals surface area contributed by atoms with E-state index in [-0.39, 0.29) is 5.91 Å². The molecule has 0 saturated carbocycles. The molecule has 9 nitrogen and oxygen atoms in total. The summed E-state index contributed by atoms with van der Waals surface area (Å²) in [5, 5.41) is 8.28. The van der Waals surface area contributed by atoms with Gasteiger partial charge in [0.1, 0.15) is 29.3 Å². The van der Waals surface area contributed by atoms with Gasteiger partial charge >= 0.3 is 0 Å². The fourth-order valence-corrected chi connectivity index (χ4v) is 3.41. The molecule has 2 aromatic heterocycles. The summed E-state index contributed by atoms with van der Waals surface area (Å²) >= 11 is 0. The lowest BCUT2D eigenvalue weighted by atomic mass is 10.1. The highest BCUT2D eigenvalue weighted by atomic mass is 16.5. The third-order valence-electron chi connectivity index (χ3n) is 5.03. The zero-order valence-corrected chi connectivity index (χ0v) is 19.2. The van der Waals surface area contributed by atoms with Gasteiger partial charge in [0.2, 0.25) is 5.91 Å². The number of hydrogen-bond acceptors (Lipinski definition) is 7. The van der Waals surface area contributed by atoms with Crippen molar-refractivity contribution in [2.75, 3.05) is 32.9 Å². The Hall–Kier alpha value is -4.24. The Balaban J connectivity index is 1.51. The van der Waals surface area contributed by atoms with Crippen molar-refractivity contribution in [2.45, 2.75) is 6.54 Å². The van der Waals surface area contributed by atoms with Crippen LogP contribution < -0.4 is 15.8 Å². The first-order valence-electron chi connectivity index (χ1n) is 10.9. The minimum Gasteiger partial charge on any atom is -0.457 e. The maximum atomic E-state index is 12.0. The Bertz CT molecular complexity index is 1280. The fourth-order valence-electron chi connectivity index (χ4n) is 3.41. The number of anilines is 1. The summed E-state index contributed by atoms with van der Waals surface area (Å²) in [4.78, 5) is 22.5. The molecule has 0 radical (unpaired) electrons. The smallest absolute Gasteiger partial charge is 0.243 e. The predicted molar refractivity (Wildman–Crippen MR) is 132 cm³/mol. The third-order valence-corrected chi connectivity index (χ3v) is 5.03. The number of carbonyl (C=O) groups excluding carboxylic acids is 1. The number of rotatable bonds is 9. The van der Waals surface area contributed by atoms with Crippen molar-refractivity contribution in [3.8, 4) is 22.8 Å². The summed E-state index contributed by atoms with van der Waals surface area (Å²) in [5.74, 6) is 1.68. The molecular formula is C25H27N7O2. The molecule has 0 unspecified atom stereocenters. The van der Waals surface area contributed by atoms with Crippen LogP contribution in [0.25, 0.3) is 22.3 Å². The number of para-hydroxylation sites is 1. The van der Waals surface area contributed by atoms with Gasteiger partial charge in [-0.25, -0.2) is 14.6 Å². The number of ether oxygens (including phenoxy) is 1. The molecule has 2 heterocycles. The van der Waals surface area contributed by atoms with Crippen molar-refractivity contribution < 1.29 is 9.53 Å². The van der Waals surface area contributed by atoms with Gasteiger partial charge in [-0.05, 0) is 50.5 Å². The van der Waals surface area contributed by atoms with E-state index in [4.69, 9.17) is 15.6 Å². The number of nitrogens with two attached hydrogens (primary N) is 1. The standard InChI is InChI=1S/C25H27N7O2/c1-31(2)15-6-9-21(33)27-14-16-32-25-22(24(26)28-17-29-25)23(30-32)18-10-12-20(13-11-18)34-19-7-4-3-5-8-19/h3-13,17H,14-16H2,1-2H3,(H,27,33)(H2,26,28,29). The second kappa shape index (κ2) is 10.6. The molecule has 1 amide bonds. The number of nitrogen functional groups attached to an aromatic ring is 1. The molecule has 0 aliphatic heterocycles. The Morgan fingerprint density at radius 3 is 2.56 bits per heavy atom. The van der Waals surface area contributed by atoms with Crippen molar-refractivity contribution >= 4 is 22.8 Å². The van der Waals surface area contributed by atoms with Gasteiger partial charge in [0.05, 0.1) is 11.9 Å². The van der Waals surface area contributed by atoms with Crippen LogP contribution >= 0.6 is 0 Å². The number of amides is 1. The lowest BCUT2D eigenvalue weighted by molar-refractivity contribution is -0.116. The van der Waals surface area contributed by atoms with Crippen LogP contribution in [0.5, 0.6) is 11.5 Å². The Kier molecular flexibility index (Phi) is 7.14. The lowest BCUT2D eigenvalue weighted by Gasteiger charge is -2.06. The van der Waals surface area contributed by atoms with Crippen molar-refractivity contribution in [3.05, 3.63) is 73.1 Å². The molecule has 4 aromatic rings. The number of aromatic nitrogens is 4. The van der Waals surface area contributed by atoms with Crippen LogP contribution in [0.2, 0.25) is 0 Å². The van der Waals surface area contributed by atoms with Crippen LogP contribution in [0.3, 0.4) is 0 Å². The summed E-state index contributed by atoms with van der Waals surface area (Å²) in [6.45, 7) is 1.54. The van der Waals surface area contributed by atoms with E-state index in [9.17, 15) is 4.79 Å². The molecule has 0 saturated heterocycles. The largest absolute Gasteiger partial charge is 0.457 e. The molecule has 2 aromatic carbocycles. The third kappa shape index (κ3) is 5.57. The van der Waals surface area contributed by atoms with Crippen molar-refractivity contribution in [2.24, 2.45) is 0 Å². The predicted octanol–water partition coefficient (Wildman–Crippen LogP) is 3.10. The van der Waals surface area contributed by atoms with Gasteiger partial charge in [0, 0.05) is 24.7 Å². The van der Waals surface area contributed by atoms with E-state index in [1.54, 1.807) is 4.68 Å². The van der Waals surface area contributed by atoms with E-state index in [1.165, 1.54) is 12.4 Å². The monoisotopic (exact) mass is 457 g/mol. The van der Waals surface area contributed by atoms with Crippen molar-refractivity contribution in [1.82, 2.24) is 30.0 Å². The molecule has 0 spiro atoms. The Morgan fingerprint density at radius 1 is 1.09 bits per heavy atom. The van der Waals surface area contributed by atoms with Gasteiger partial charge in [-0.1, -0.05) is 24.3 Å². The van der Waals surface area contributed by atoms with Crippen LogP contribution in [0, 0.1) is 0 Å². The summed E-state index contributed by atoms with van der Waals surface area (Å²) < 4.78 is 7.62. The zero-order valence-electron chi connectivity index (χ0n) is 19.2. The minimum atomic E-state index is -0.151. The van der Waals surface area contributed by atoms with E-state index in [0.29, 0.717) is 47.9 Å². The number of benzene rings is 2. The summed E-state index contributed by atoms with van der Waals surface area (Å²) in [6, 6.07) is 17.2. The van der Waals surface area contributed by atoms with Gasteiger partial charge in [0.25, 0.3) is 0 Å². The molecule has 4 rings (SSSR count). The number of fused-ring (bicyclic) bond motifs is 1. The summed E-state index contributed by atoms with van der Waals surface area (Å²) in [6.07, 6.45) is 4.76. The SMILES string of the molecule is CN(C)CC=CC(=O)NCCn1nc(-c2ccc(Oc3ccccc3)cc2)c2c(N)ncnc21. The van der Waals surface area contributed by atoms with E-state index in [0.717, 1.165) is 11.3 Å². The van der Waals surface area contributed by atoms with E-state index in [1.807, 2.05) is 79.7 Å². The van der Waals surface area contributed by atoms with E-state index < -0.39 is 0 Å². The van der Waals surface area contributed by atoms with Crippen molar-refractivity contribution in [3.63, 3.8) is 0 Å². The molecule has 0 aliphatic carbocycles. The second-order valence-electron chi connectivity index (χ2n) is 7.92. The quantitative estimate of drug-likeness (QED) is 0.372. The summed E-state index contributed by atoms with van der Waals surface area (Å²) in [7, 11) is 3.89. The second-order valence-corrected chi connectivity index (χ2v) is 7.92. The number of carbonyl (C=O) groups is 1. The molecular weight excluding hydrogens is 430 g/mol. The zero-order chi connectivity index (χ0) is 23.9. The molecule has 174 valence electrons. The first-order chi connectivity index (χ1) is 16.5. The topological polar surface area (TPSA) is 111 Å². The molecule has 0 bridgehead atoms. The van der Waals surface area contributed by atoms with E-state index >= 15 is 0 Å².